The van der Waals surface area contributed by atoms with Crippen LogP contribution in [0.5, 0.6) is 0 Å². The fourth-order valence-corrected chi connectivity index (χ4v) is 3.05. The molecule has 2 rings (SSSR count). The van der Waals surface area contributed by atoms with Crippen molar-refractivity contribution in [3.8, 4) is 0 Å². The highest BCUT2D eigenvalue weighted by Crippen LogP contribution is 2.48. The predicted molar refractivity (Wildman–Crippen MR) is 63.0 cm³/mol. The molecule has 0 N–H and O–H groups in total. The minimum absolute atomic E-state index is 0.0167. The number of ether oxygens (including phenoxy) is 1. The molecule has 0 radical (unpaired) electrons. The number of rotatable bonds is 1. The molecular formula is C12H19BO3. The van der Waals surface area contributed by atoms with Crippen molar-refractivity contribution in [1.82, 2.24) is 0 Å². The van der Waals surface area contributed by atoms with E-state index < -0.39 is 5.60 Å². The van der Waals surface area contributed by atoms with Crippen molar-refractivity contribution < 1.29 is 14.3 Å². The van der Waals surface area contributed by atoms with Crippen LogP contribution < -0.4 is 0 Å². The lowest BCUT2D eigenvalue weighted by molar-refractivity contribution is -0.119. The summed E-state index contributed by atoms with van der Waals surface area (Å²) in [5, 5.41) is 0. The quantitative estimate of drug-likeness (QED) is 0.640. The molecule has 2 aliphatic heterocycles. The van der Waals surface area contributed by atoms with Crippen LogP contribution in [0.25, 0.3) is 0 Å². The zero-order chi connectivity index (χ0) is 11.9. The van der Waals surface area contributed by atoms with Crippen LogP contribution in [0.15, 0.2) is 0 Å². The Labute approximate surface area is 97.0 Å². The predicted octanol–water partition coefficient (Wildman–Crippen LogP) is 2.90. The molecule has 2 unspecified atom stereocenters. The summed E-state index contributed by atoms with van der Waals surface area (Å²) in [7, 11) is 0. The Bertz CT molecular complexity index is 303. The Kier molecular flexibility index (Phi) is 2.85. The third-order valence-electron chi connectivity index (χ3n) is 3.58. The van der Waals surface area contributed by atoms with Gasteiger partial charge in [0.2, 0.25) is 0 Å². The first kappa shape index (κ1) is 11.7. The van der Waals surface area contributed by atoms with E-state index in [1.165, 1.54) is 0 Å². The highest BCUT2D eigenvalue weighted by atomic mass is 16.5. The topological polar surface area (TPSA) is 43.4 Å². The van der Waals surface area contributed by atoms with E-state index in [0.29, 0.717) is 18.6 Å². The van der Waals surface area contributed by atoms with Crippen molar-refractivity contribution in [2.24, 2.45) is 0 Å². The van der Waals surface area contributed by atoms with Crippen LogP contribution in [-0.4, -0.2) is 24.0 Å². The van der Waals surface area contributed by atoms with E-state index in [1.54, 1.807) is 0 Å². The van der Waals surface area contributed by atoms with E-state index in [0.717, 1.165) is 12.8 Å². The van der Waals surface area contributed by atoms with Crippen molar-refractivity contribution in [1.29, 1.82) is 0 Å². The maximum absolute atomic E-state index is 12.0. The zero-order valence-electron chi connectivity index (χ0n) is 10.3. The molecule has 2 heterocycles. The van der Waals surface area contributed by atoms with E-state index >= 15 is 0 Å². The second-order valence-corrected chi connectivity index (χ2v) is 6.10. The van der Waals surface area contributed by atoms with Gasteiger partial charge in [-0.2, -0.15) is 0 Å². The molecule has 0 saturated carbocycles. The standard InChI is InChI=1S/C12H19BO3/c1-12(2,3)16-11(15)13-8-4-5-9(13)7-10(14)6-8/h8-9H,4-7H2,1-3H3. The zero-order valence-corrected chi connectivity index (χ0v) is 10.3. The molecule has 0 aliphatic carbocycles. The Balaban J connectivity index is 2.06. The largest absolute Gasteiger partial charge is 0.468 e. The fourth-order valence-electron chi connectivity index (χ4n) is 3.05. The molecule has 2 atom stereocenters. The van der Waals surface area contributed by atoms with Gasteiger partial charge in [0, 0.05) is 12.8 Å². The van der Waals surface area contributed by atoms with Gasteiger partial charge in [-0.25, -0.2) is 0 Å². The number of hydrogen-bond donors (Lipinski definition) is 0. The molecule has 0 spiro atoms. The molecule has 2 bridgehead atoms. The maximum atomic E-state index is 12.0. The fraction of sp³-hybridized carbons (Fsp3) is 0.833. The minimum Gasteiger partial charge on any atom is -0.468 e. The lowest BCUT2D eigenvalue weighted by atomic mass is 9.34. The SMILES string of the molecule is CC(C)(C)OC(=O)B1C2CCC1CC(=O)C2. The van der Waals surface area contributed by atoms with Crippen LogP contribution in [0.4, 0.5) is 4.79 Å². The molecule has 2 fully saturated rings. The van der Waals surface area contributed by atoms with Gasteiger partial charge in [-0.15, -0.1) is 0 Å². The van der Waals surface area contributed by atoms with Crippen molar-refractivity contribution in [2.75, 3.05) is 0 Å². The van der Waals surface area contributed by atoms with Crippen molar-refractivity contribution >= 4 is 18.4 Å². The number of ketones is 1. The van der Waals surface area contributed by atoms with Crippen LogP contribution in [0.3, 0.4) is 0 Å². The third-order valence-corrected chi connectivity index (χ3v) is 3.58. The first-order chi connectivity index (χ1) is 7.37. The van der Waals surface area contributed by atoms with Gasteiger partial charge in [-0.05, 0) is 32.4 Å². The van der Waals surface area contributed by atoms with Gasteiger partial charge >= 0.3 is 0 Å². The Hall–Kier alpha value is -0.795. The van der Waals surface area contributed by atoms with E-state index in [1.807, 2.05) is 20.8 Å². The lowest BCUT2D eigenvalue weighted by Gasteiger charge is -2.28. The van der Waals surface area contributed by atoms with Crippen LogP contribution in [0.1, 0.15) is 46.5 Å². The second kappa shape index (κ2) is 3.90. The number of carbonyl (C=O) groups excluding carboxylic acids is 2. The van der Waals surface area contributed by atoms with Gasteiger partial charge in [-0.3, -0.25) is 9.59 Å². The van der Waals surface area contributed by atoms with Crippen LogP contribution in [-0.2, 0) is 9.53 Å². The van der Waals surface area contributed by atoms with E-state index in [9.17, 15) is 9.59 Å². The second-order valence-electron chi connectivity index (χ2n) is 6.10. The Morgan fingerprint density at radius 2 is 1.75 bits per heavy atom. The van der Waals surface area contributed by atoms with Gasteiger partial charge in [0.25, 0.3) is 12.6 Å². The summed E-state index contributed by atoms with van der Waals surface area (Å²) in [6.07, 6.45) is 3.20. The number of fused-ring (bicyclic) bond motifs is 2. The maximum Gasteiger partial charge on any atom is 0.285 e. The molecule has 0 aromatic heterocycles. The van der Waals surface area contributed by atoms with E-state index in [2.05, 4.69) is 0 Å². The first-order valence-electron chi connectivity index (χ1n) is 6.11. The summed E-state index contributed by atoms with van der Waals surface area (Å²) in [4.78, 5) is 23.5. The van der Waals surface area contributed by atoms with Crippen LogP contribution in [0, 0.1) is 0 Å². The van der Waals surface area contributed by atoms with Crippen molar-refractivity contribution in [3.05, 3.63) is 0 Å². The molecule has 16 heavy (non-hydrogen) atoms. The van der Waals surface area contributed by atoms with Gasteiger partial charge in [-0.1, -0.05) is 12.8 Å². The van der Waals surface area contributed by atoms with Gasteiger partial charge < -0.3 is 4.74 Å². The summed E-state index contributed by atoms with van der Waals surface area (Å²) in [6, 6.07) is 0. The highest BCUT2D eigenvalue weighted by molar-refractivity contribution is 6.91. The average molecular weight is 222 g/mol. The minimum atomic E-state index is -0.419. The Morgan fingerprint density at radius 1 is 1.25 bits per heavy atom. The molecular weight excluding hydrogens is 203 g/mol. The summed E-state index contributed by atoms with van der Waals surface area (Å²) in [5.74, 6) is 0.738. The molecule has 3 nitrogen and oxygen atoms in total. The molecule has 2 saturated heterocycles. The monoisotopic (exact) mass is 222 g/mol. The highest BCUT2D eigenvalue weighted by Gasteiger charge is 2.50. The van der Waals surface area contributed by atoms with Crippen LogP contribution in [0.2, 0.25) is 11.6 Å². The molecule has 0 aromatic carbocycles. The van der Waals surface area contributed by atoms with Gasteiger partial charge in [0.15, 0.2) is 0 Å². The van der Waals surface area contributed by atoms with Crippen molar-refractivity contribution in [3.63, 3.8) is 0 Å². The normalized spacial score (nSPS) is 29.4. The van der Waals surface area contributed by atoms with Crippen LogP contribution >= 0.6 is 0 Å². The molecule has 4 heteroatoms. The van der Waals surface area contributed by atoms with Gasteiger partial charge in [0.1, 0.15) is 11.4 Å². The molecule has 88 valence electrons. The molecule has 0 amide bonds. The summed E-state index contributed by atoms with van der Waals surface area (Å²) in [6.45, 7) is 5.65. The number of carbonyl (C=O) groups is 2. The van der Waals surface area contributed by atoms with Crippen molar-refractivity contribution in [2.45, 2.75) is 63.7 Å². The lowest BCUT2D eigenvalue weighted by Crippen LogP contribution is -2.40. The summed E-state index contributed by atoms with van der Waals surface area (Å²) >= 11 is 0. The summed E-state index contributed by atoms with van der Waals surface area (Å²) in [5.41, 5.74) is -0.419. The number of Topliss-reactive ketones (excluding diaryl/α,β-unsaturated/α-hetero) is 1. The molecule has 0 aromatic rings. The number of hydrogen-bond acceptors (Lipinski definition) is 3. The summed E-state index contributed by atoms with van der Waals surface area (Å²) < 4.78 is 5.44. The molecule has 2 aliphatic rings. The Morgan fingerprint density at radius 3 is 2.19 bits per heavy atom. The van der Waals surface area contributed by atoms with E-state index in [4.69, 9.17) is 4.74 Å². The third kappa shape index (κ3) is 2.31. The van der Waals surface area contributed by atoms with Gasteiger partial charge in [0.05, 0.1) is 0 Å². The average Bonchev–Trinajstić information content (AvgIpc) is 2.36. The smallest absolute Gasteiger partial charge is 0.285 e. The first-order valence-corrected chi connectivity index (χ1v) is 6.11. The van der Waals surface area contributed by atoms with E-state index in [-0.39, 0.29) is 24.2 Å².